The van der Waals surface area contributed by atoms with Gasteiger partial charge in [-0.15, -0.1) is 11.8 Å². The Bertz CT molecular complexity index is 944. The molecule has 5 heteroatoms. The summed E-state index contributed by atoms with van der Waals surface area (Å²) in [5.74, 6) is -0.229. The molecule has 0 saturated carbocycles. The van der Waals surface area contributed by atoms with E-state index in [0.717, 1.165) is 33.5 Å². The smallest absolute Gasteiger partial charge is 0.117 e. The van der Waals surface area contributed by atoms with Crippen molar-refractivity contribution in [3.05, 3.63) is 59.7 Å². The molecule has 130 valence electrons. The normalized spacial score (nSPS) is 12.1. The molecule has 2 N–H and O–H groups in total. The number of aryl methyl sites for hydroxylation is 1. The van der Waals surface area contributed by atoms with Gasteiger partial charge in [-0.2, -0.15) is 0 Å². The van der Waals surface area contributed by atoms with Crippen LogP contribution in [0.2, 0.25) is 0 Å². The van der Waals surface area contributed by atoms with Crippen molar-refractivity contribution in [1.82, 2.24) is 9.55 Å². The van der Waals surface area contributed by atoms with Gasteiger partial charge < -0.3 is 10.3 Å². The van der Waals surface area contributed by atoms with Gasteiger partial charge in [0.1, 0.15) is 5.83 Å². The van der Waals surface area contributed by atoms with Gasteiger partial charge in [0.25, 0.3) is 0 Å². The predicted molar refractivity (Wildman–Crippen MR) is 105 cm³/mol. The van der Waals surface area contributed by atoms with E-state index in [1.54, 1.807) is 11.8 Å². The molecule has 0 radical (unpaired) electrons. The largest absolute Gasteiger partial charge is 0.336 e. The van der Waals surface area contributed by atoms with Gasteiger partial charge in [-0.25, -0.2) is 4.39 Å². The molecule has 0 atom stereocenters. The summed E-state index contributed by atoms with van der Waals surface area (Å²) < 4.78 is 16.1. The minimum Gasteiger partial charge on any atom is -0.336 e. The van der Waals surface area contributed by atoms with E-state index in [4.69, 9.17) is 10.7 Å². The second kappa shape index (κ2) is 7.42. The van der Waals surface area contributed by atoms with E-state index in [1.165, 1.54) is 11.0 Å². The Morgan fingerprint density at radius 3 is 2.80 bits per heavy atom. The molecule has 0 aliphatic rings. The number of nitrogens with two attached hydrogens (primary N) is 1. The van der Waals surface area contributed by atoms with Gasteiger partial charge in [-0.05, 0) is 56.0 Å². The number of pyridine rings is 1. The molecule has 0 amide bonds. The second-order valence-electron chi connectivity index (χ2n) is 5.99. The number of allylic oxidation sites excluding steroid dienone is 1. The van der Waals surface area contributed by atoms with Gasteiger partial charge in [0.05, 0.1) is 17.6 Å². The number of hydrogen-bond acceptors (Lipinski definition) is 3. The molecule has 0 aliphatic heterocycles. The van der Waals surface area contributed by atoms with Crippen LogP contribution < -0.4 is 5.73 Å². The molecule has 0 bridgehead atoms. The average Bonchev–Trinajstić information content (AvgIpc) is 2.86. The Labute approximate surface area is 151 Å². The standard InChI is InChI=1S/C20H22FN3S/c1-13-7-8-18-20(23-13)19(15-5-4-6-17(11-15)25-3)14(2)24(18)12-16(21)9-10-22/h4-9,11H,10,12,22H2,1-3H3/b16-9-. The van der Waals surface area contributed by atoms with Crippen LogP contribution in [-0.2, 0) is 6.54 Å². The first-order valence-corrected chi connectivity index (χ1v) is 9.43. The molecule has 0 aliphatic carbocycles. The Morgan fingerprint density at radius 2 is 2.08 bits per heavy atom. The molecule has 0 unspecified atom stereocenters. The van der Waals surface area contributed by atoms with Crippen molar-refractivity contribution in [2.45, 2.75) is 25.3 Å². The van der Waals surface area contributed by atoms with E-state index in [1.807, 2.05) is 30.5 Å². The second-order valence-corrected chi connectivity index (χ2v) is 6.87. The molecule has 3 aromatic rings. The van der Waals surface area contributed by atoms with Crippen LogP contribution in [0.15, 0.2) is 53.2 Å². The third-order valence-electron chi connectivity index (χ3n) is 4.31. The number of benzene rings is 1. The quantitative estimate of drug-likeness (QED) is 0.665. The highest BCUT2D eigenvalue weighted by Gasteiger charge is 2.18. The van der Waals surface area contributed by atoms with Gasteiger partial charge in [-0.3, -0.25) is 4.98 Å². The predicted octanol–water partition coefficient (Wildman–Crippen LogP) is 4.85. The summed E-state index contributed by atoms with van der Waals surface area (Å²) in [6.45, 7) is 4.37. The van der Waals surface area contributed by atoms with E-state index < -0.39 is 0 Å². The SMILES string of the molecule is CSc1cccc(-c2c(C)n(C/C(F)=C/CN)c3ccc(C)nc23)c1. The Kier molecular flexibility index (Phi) is 5.25. The lowest BCUT2D eigenvalue weighted by atomic mass is 10.1. The van der Waals surface area contributed by atoms with Crippen molar-refractivity contribution in [2.75, 3.05) is 12.8 Å². The van der Waals surface area contributed by atoms with E-state index in [-0.39, 0.29) is 18.9 Å². The molecule has 0 spiro atoms. The summed E-state index contributed by atoms with van der Waals surface area (Å²) in [6.07, 6.45) is 3.48. The highest BCUT2D eigenvalue weighted by molar-refractivity contribution is 7.98. The fraction of sp³-hybridized carbons (Fsp3) is 0.250. The summed E-state index contributed by atoms with van der Waals surface area (Å²) in [6, 6.07) is 12.4. The lowest BCUT2D eigenvalue weighted by molar-refractivity contribution is 0.555. The van der Waals surface area contributed by atoms with E-state index in [0.29, 0.717) is 0 Å². The minimum absolute atomic E-state index is 0.173. The number of aromatic nitrogens is 2. The first-order valence-electron chi connectivity index (χ1n) is 8.20. The van der Waals surface area contributed by atoms with Crippen LogP contribution in [0.4, 0.5) is 4.39 Å². The van der Waals surface area contributed by atoms with Crippen molar-refractivity contribution in [3.8, 4) is 11.1 Å². The van der Waals surface area contributed by atoms with Crippen LogP contribution >= 0.6 is 11.8 Å². The van der Waals surface area contributed by atoms with Crippen LogP contribution in [0, 0.1) is 13.8 Å². The fourth-order valence-corrected chi connectivity index (χ4v) is 3.57. The molecule has 3 nitrogen and oxygen atoms in total. The maximum absolute atomic E-state index is 14.1. The summed E-state index contributed by atoms with van der Waals surface area (Å²) in [7, 11) is 0. The van der Waals surface area contributed by atoms with E-state index in [9.17, 15) is 4.39 Å². The van der Waals surface area contributed by atoms with Crippen LogP contribution in [0.1, 0.15) is 11.4 Å². The van der Waals surface area contributed by atoms with Crippen LogP contribution in [0.25, 0.3) is 22.2 Å². The molecular weight excluding hydrogens is 333 g/mol. The zero-order valence-corrected chi connectivity index (χ0v) is 15.5. The molecule has 25 heavy (non-hydrogen) atoms. The molecular formula is C20H22FN3S. The lowest BCUT2D eigenvalue weighted by Crippen LogP contribution is -2.03. The minimum atomic E-state index is -0.229. The van der Waals surface area contributed by atoms with Gasteiger partial charge in [0.2, 0.25) is 0 Å². The number of nitrogens with zero attached hydrogens (tertiary/aromatic N) is 2. The highest BCUT2D eigenvalue weighted by Crippen LogP contribution is 2.35. The monoisotopic (exact) mass is 355 g/mol. The number of fused-ring (bicyclic) bond motifs is 1. The Hall–Kier alpha value is -2.11. The van der Waals surface area contributed by atoms with E-state index in [2.05, 4.69) is 30.5 Å². The topological polar surface area (TPSA) is 43.8 Å². The molecule has 0 fully saturated rings. The van der Waals surface area contributed by atoms with Crippen LogP contribution in [0.3, 0.4) is 0 Å². The first-order chi connectivity index (χ1) is 12.0. The van der Waals surface area contributed by atoms with Crippen molar-refractivity contribution in [1.29, 1.82) is 0 Å². The summed E-state index contributed by atoms with van der Waals surface area (Å²) in [5, 5.41) is 0. The number of rotatable bonds is 5. The third-order valence-corrected chi connectivity index (χ3v) is 5.04. The van der Waals surface area contributed by atoms with Crippen LogP contribution in [-0.4, -0.2) is 22.4 Å². The van der Waals surface area contributed by atoms with E-state index >= 15 is 0 Å². The fourth-order valence-electron chi connectivity index (χ4n) is 3.11. The third kappa shape index (κ3) is 3.48. The lowest BCUT2D eigenvalue weighted by Gasteiger charge is -2.08. The number of halogens is 1. The molecule has 2 heterocycles. The summed E-state index contributed by atoms with van der Waals surface area (Å²) in [4.78, 5) is 5.94. The molecule has 2 aromatic heterocycles. The van der Waals surface area contributed by atoms with Crippen molar-refractivity contribution in [2.24, 2.45) is 5.73 Å². The molecule has 0 saturated heterocycles. The molecule has 1 aromatic carbocycles. The first kappa shape index (κ1) is 17.7. The maximum atomic E-state index is 14.1. The number of hydrogen-bond donors (Lipinski definition) is 1. The Morgan fingerprint density at radius 1 is 1.28 bits per heavy atom. The van der Waals surface area contributed by atoms with Crippen molar-refractivity contribution < 1.29 is 4.39 Å². The summed E-state index contributed by atoms with van der Waals surface area (Å²) >= 11 is 1.71. The van der Waals surface area contributed by atoms with Crippen LogP contribution in [0.5, 0.6) is 0 Å². The Balaban J connectivity index is 2.25. The van der Waals surface area contributed by atoms with Crippen molar-refractivity contribution >= 4 is 22.8 Å². The van der Waals surface area contributed by atoms with Gasteiger partial charge in [-0.1, -0.05) is 12.1 Å². The summed E-state index contributed by atoms with van der Waals surface area (Å²) in [5.41, 5.74) is 11.4. The zero-order valence-electron chi connectivity index (χ0n) is 14.7. The molecule has 3 rings (SSSR count). The number of thioether (sulfide) groups is 1. The van der Waals surface area contributed by atoms with Gasteiger partial charge in [0.15, 0.2) is 0 Å². The van der Waals surface area contributed by atoms with Gasteiger partial charge in [0, 0.05) is 28.4 Å². The highest BCUT2D eigenvalue weighted by atomic mass is 32.2. The average molecular weight is 355 g/mol. The maximum Gasteiger partial charge on any atom is 0.117 e. The van der Waals surface area contributed by atoms with Crippen molar-refractivity contribution in [3.63, 3.8) is 0 Å². The van der Waals surface area contributed by atoms with Gasteiger partial charge >= 0.3 is 0 Å². The zero-order chi connectivity index (χ0) is 18.0.